The van der Waals surface area contributed by atoms with Crippen molar-refractivity contribution in [3.63, 3.8) is 0 Å². The Morgan fingerprint density at radius 2 is 1.73 bits per heavy atom. The molecule has 0 radical (unpaired) electrons. The molecule has 0 aliphatic carbocycles. The number of likely N-dealkylation sites (tertiary alicyclic amines) is 2. The number of carbonyl (C=O) groups is 1. The van der Waals surface area contributed by atoms with Crippen LogP contribution in [0, 0.1) is 18.8 Å². The smallest absolute Gasteiger partial charge is 0.299 e. The van der Waals surface area contributed by atoms with Crippen molar-refractivity contribution >= 4 is 32.0 Å². The average molecular weight is 628 g/mol. The van der Waals surface area contributed by atoms with Crippen molar-refractivity contribution in [2.75, 3.05) is 13.8 Å². The molecule has 2 fully saturated rings. The first-order valence-electron chi connectivity index (χ1n) is 13.2. The molecule has 4 unspecified atom stereocenters. The number of halogens is 1. The normalized spacial score (nSPS) is 25.4. The topological polar surface area (TPSA) is 85.4 Å². The molecule has 0 saturated carbocycles. The van der Waals surface area contributed by atoms with Gasteiger partial charge in [-0.3, -0.25) is 9.69 Å². The van der Waals surface area contributed by atoms with Crippen molar-refractivity contribution < 1.29 is 26.9 Å². The third kappa shape index (κ3) is 4.41. The molecule has 10 heteroatoms. The van der Waals surface area contributed by atoms with Crippen LogP contribution in [-0.4, -0.2) is 49.7 Å². The van der Waals surface area contributed by atoms with E-state index < -0.39 is 33.7 Å². The zero-order chi connectivity index (χ0) is 28.4. The van der Waals surface area contributed by atoms with Crippen molar-refractivity contribution in [1.82, 2.24) is 9.80 Å². The number of carbonyl (C=O) groups excluding carboxylic acids is 1. The van der Waals surface area contributed by atoms with E-state index in [2.05, 4.69) is 34.7 Å². The summed E-state index contributed by atoms with van der Waals surface area (Å²) in [5.74, 6) is 0.167. The summed E-state index contributed by atoms with van der Waals surface area (Å²) in [5, 5.41) is 0. The van der Waals surface area contributed by atoms with Crippen LogP contribution in [0.5, 0.6) is 11.5 Å². The summed E-state index contributed by atoms with van der Waals surface area (Å²) in [6.45, 7) is 6.15. The number of amides is 1. The van der Waals surface area contributed by atoms with E-state index in [1.165, 1.54) is 6.07 Å². The Kier molecular flexibility index (Phi) is 6.72. The Morgan fingerprint density at radius 1 is 1.02 bits per heavy atom. The number of fused-ring (bicyclic) bond motifs is 2. The standard InChI is InChI=1S/C30H31BrN2O6S/c1-18-7-5-6-8-24(18)40(35,36)39-29-26-25(27(32(4)30(26,2)3)20-10-12-21(31)13-11-20)28(34)33(29)16-19-9-14-22-23(15-19)38-17-37-22/h5-15,25-27,29H,16-17H2,1-4H3. The van der Waals surface area contributed by atoms with Gasteiger partial charge in [0.1, 0.15) is 0 Å². The van der Waals surface area contributed by atoms with Crippen molar-refractivity contribution in [2.24, 2.45) is 11.8 Å². The number of hydrogen-bond acceptors (Lipinski definition) is 7. The molecule has 8 nitrogen and oxygen atoms in total. The second-order valence-corrected chi connectivity index (χ2v) is 13.6. The fourth-order valence-corrected chi connectivity index (χ4v) is 7.98. The lowest BCUT2D eigenvalue weighted by Crippen LogP contribution is -2.49. The van der Waals surface area contributed by atoms with E-state index in [-0.39, 0.29) is 30.2 Å². The van der Waals surface area contributed by atoms with Crippen molar-refractivity contribution in [1.29, 1.82) is 0 Å². The van der Waals surface area contributed by atoms with Crippen molar-refractivity contribution in [2.45, 2.75) is 50.0 Å². The molecule has 0 aromatic heterocycles. The fourth-order valence-electron chi connectivity index (χ4n) is 6.42. The second-order valence-electron chi connectivity index (χ2n) is 11.2. The number of rotatable bonds is 6. The predicted octanol–water partition coefficient (Wildman–Crippen LogP) is 5.26. The number of benzene rings is 3. The first-order valence-corrected chi connectivity index (χ1v) is 15.4. The van der Waals surface area contributed by atoms with E-state index in [0.717, 1.165) is 15.6 Å². The summed E-state index contributed by atoms with van der Waals surface area (Å²) in [4.78, 5) is 18.2. The lowest BCUT2D eigenvalue weighted by atomic mass is 9.81. The highest BCUT2D eigenvalue weighted by Crippen LogP contribution is 2.56. The van der Waals surface area contributed by atoms with Crippen molar-refractivity contribution in [3.8, 4) is 11.5 Å². The van der Waals surface area contributed by atoms with Gasteiger partial charge in [0.15, 0.2) is 17.7 Å². The Balaban J connectivity index is 1.44. The number of aryl methyl sites for hydroxylation is 1. The van der Waals surface area contributed by atoms with Crippen LogP contribution in [0.2, 0.25) is 0 Å². The van der Waals surface area contributed by atoms with Gasteiger partial charge in [-0.15, -0.1) is 0 Å². The van der Waals surface area contributed by atoms with E-state index in [9.17, 15) is 13.2 Å². The van der Waals surface area contributed by atoms with Gasteiger partial charge in [0.25, 0.3) is 10.1 Å². The zero-order valence-electron chi connectivity index (χ0n) is 22.7. The lowest BCUT2D eigenvalue weighted by Gasteiger charge is -2.39. The van der Waals surface area contributed by atoms with Gasteiger partial charge >= 0.3 is 0 Å². The molecule has 3 aliphatic heterocycles. The lowest BCUT2D eigenvalue weighted by molar-refractivity contribution is -0.137. The highest BCUT2D eigenvalue weighted by Gasteiger charge is 2.65. The highest BCUT2D eigenvalue weighted by atomic mass is 79.9. The molecule has 1 amide bonds. The van der Waals surface area contributed by atoms with Crippen LogP contribution in [-0.2, 0) is 25.6 Å². The third-order valence-electron chi connectivity index (χ3n) is 8.64. The van der Waals surface area contributed by atoms with Crippen LogP contribution in [0.1, 0.15) is 36.6 Å². The molecule has 3 heterocycles. The highest BCUT2D eigenvalue weighted by molar-refractivity contribution is 9.10. The van der Waals surface area contributed by atoms with Gasteiger partial charge in [-0.1, -0.05) is 52.3 Å². The Bertz CT molecular complexity index is 1580. The number of hydrogen-bond donors (Lipinski definition) is 0. The molecule has 0 N–H and O–H groups in total. The first kappa shape index (κ1) is 27.3. The maximum absolute atomic E-state index is 14.4. The first-order chi connectivity index (χ1) is 19.0. The SMILES string of the molecule is Cc1ccccc1S(=O)(=O)OC1C2C(C(=O)N1Cc1ccc3c(c1)OCO3)C(c1ccc(Br)cc1)N(C)C2(C)C. The molecule has 40 heavy (non-hydrogen) atoms. The van der Waals surface area contributed by atoms with Crippen molar-refractivity contribution in [3.05, 3.63) is 87.9 Å². The predicted molar refractivity (Wildman–Crippen MR) is 152 cm³/mol. The monoisotopic (exact) mass is 626 g/mol. The minimum atomic E-state index is -4.19. The molecule has 3 aliphatic rings. The van der Waals surface area contributed by atoms with Gasteiger partial charge in [0.2, 0.25) is 12.7 Å². The second kappa shape index (κ2) is 9.87. The summed E-state index contributed by atoms with van der Waals surface area (Å²) < 4.78 is 45.5. The molecule has 210 valence electrons. The maximum atomic E-state index is 14.4. The minimum absolute atomic E-state index is 0.0996. The molecule has 0 bridgehead atoms. The molecule has 4 atom stereocenters. The largest absolute Gasteiger partial charge is 0.454 e. The molecular weight excluding hydrogens is 596 g/mol. The molecular formula is C30H31BrN2O6S. The van der Waals surface area contributed by atoms with Gasteiger partial charge in [-0.25, -0.2) is 4.18 Å². The molecule has 0 spiro atoms. The summed E-state index contributed by atoms with van der Waals surface area (Å²) in [6, 6.07) is 19.9. The molecule has 2 saturated heterocycles. The van der Waals surface area contributed by atoms with E-state index >= 15 is 0 Å². The quantitative estimate of drug-likeness (QED) is 0.345. The van der Waals surface area contributed by atoms with Crippen LogP contribution in [0.25, 0.3) is 0 Å². The van der Waals surface area contributed by atoms with Crippen LogP contribution in [0.15, 0.2) is 76.1 Å². The molecule has 6 rings (SSSR count). The molecule has 3 aromatic rings. The van der Waals surface area contributed by atoms with E-state index in [1.807, 2.05) is 43.4 Å². The fraction of sp³-hybridized carbons (Fsp3) is 0.367. The van der Waals surface area contributed by atoms with Crippen LogP contribution >= 0.6 is 15.9 Å². The number of ether oxygens (including phenoxy) is 2. The van der Waals surface area contributed by atoms with Gasteiger partial charge < -0.3 is 14.4 Å². The van der Waals surface area contributed by atoms with E-state index in [0.29, 0.717) is 17.1 Å². The van der Waals surface area contributed by atoms with Crippen LogP contribution < -0.4 is 9.47 Å². The Hall–Kier alpha value is -2.92. The summed E-state index contributed by atoms with van der Waals surface area (Å²) in [6.07, 6.45) is -1.01. The third-order valence-corrected chi connectivity index (χ3v) is 10.6. The minimum Gasteiger partial charge on any atom is -0.454 e. The Labute approximate surface area is 243 Å². The summed E-state index contributed by atoms with van der Waals surface area (Å²) in [5.41, 5.74) is 1.81. The molecule has 3 aromatic carbocycles. The Morgan fingerprint density at radius 3 is 2.45 bits per heavy atom. The average Bonchev–Trinajstić information content (AvgIpc) is 3.54. The maximum Gasteiger partial charge on any atom is 0.299 e. The van der Waals surface area contributed by atoms with Crippen LogP contribution in [0.4, 0.5) is 0 Å². The zero-order valence-corrected chi connectivity index (χ0v) is 25.1. The van der Waals surface area contributed by atoms with E-state index in [4.69, 9.17) is 13.7 Å². The summed E-state index contributed by atoms with van der Waals surface area (Å²) >= 11 is 3.50. The number of nitrogens with zero attached hydrogens (tertiary/aromatic N) is 2. The van der Waals surface area contributed by atoms with Gasteiger partial charge in [0.05, 0.1) is 10.8 Å². The van der Waals surface area contributed by atoms with E-state index in [1.54, 1.807) is 36.1 Å². The van der Waals surface area contributed by atoms with Crippen LogP contribution in [0.3, 0.4) is 0 Å². The van der Waals surface area contributed by atoms with Gasteiger partial charge in [-0.2, -0.15) is 8.42 Å². The summed E-state index contributed by atoms with van der Waals surface area (Å²) in [7, 11) is -2.20. The van der Waals surface area contributed by atoms with Gasteiger partial charge in [-0.05, 0) is 74.8 Å². The van der Waals surface area contributed by atoms with Gasteiger partial charge in [0, 0.05) is 28.5 Å².